The van der Waals surface area contributed by atoms with Crippen molar-refractivity contribution in [2.75, 3.05) is 5.73 Å². The molecule has 1 fully saturated rings. The van der Waals surface area contributed by atoms with Gasteiger partial charge in [-0.3, -0.25) is 14.4 Å². The standard InChI is InChI=1S/C22H22N4O7/c1-21(2)6-3-7-14(24)16(28)12(20(25)31)19(30)22(7,32)18(29)10(6)15(27)11-13(21)8(23)4-9-17(11)33-5-26-9/h4-7,14,27,30,32H,3,23-24H2,1-2H3,(H2,25,31)/t6-,7-,14-,22-/m0/s1. The van der Waals surface area contributed by atoms with Crippen LogP contribution >= 0.6 is 0 Å². The van der Waals surface area contributed by atoms with E-state index in [0.717, 1.165) is 0 Å². The van der Waals surface area contributed by atoms with Gasteiger partial charge < -0.3 is 36.9 Å². The van der Waals surface area contributed by atoms with E-state index in [1.54, 1.807) is 19.9 Å². The van der Waals surface area contributed by atoms with Crippen molar-refractivity contribution >= 4 is 40.0 Å². The number of carbonyl (C=O) groups excluding carboxylic acids is 3. The maximum Gasteiger partial charge on any atom is 0.255 e. The zero-order valence-electron chi connectivity index (χ0n) is 17.7. The van der Waals surface area contributed by atoms with Crippen LogP contribution in [0.15, 0.2) is 33.8 Å². The predicted octanol–water partition coefficient (Wildman–Crippen LogP) is 0.114. The number of Topliss-reactive ketones (excluding diaryl/α,β-unsaturated/α-hetero) is 2. The van der Waals surface area contributed by atoms with Crippen molar-refractivity contribution in [3.63, 3.8) is 0 Å². The number of aliphatic hydroxyl groups excluding tert-OH is 2. The molecule has 0 bridgehead atoms. The van der Waals surface area contributed by atoms with Crippen LogP contribution in [-0.4, -0.2) is 49.4 Å². The molecular formula is C22H22N4O7. The lowest BCUT2D eigenvalue weighted by Gasteiger charge is -2.52. The van der Waals surface area contributed by atoms with E-state index in [4.69, 9.17) is 21.6 Å². The summed E-state index contributed by atoms with van der Waals surface area (Å²) >= 11 is 0. The van der Waals surface area contributed by atoms with Crippen LogP contribution in [-0.2, 0) is 19.8 Å². The number of nitrogens with zero attached hydrogens (tertiary/aromatic N) is 1. The molecule has 1 aromatic carbocycles. The third-order valence-electron chi connectivity index (χ3n) is 7.45. The predicted molar refractivity (Wildman–Crippen MR) is 114 cm³/mol. The fraction of sp³-hybridized carbons (Fsp3) is 0.364. The number of ketones is 2. The smallest absolute Gasteiger partial charge is 0.255 e. The number of fused-ring (bicyclic) bond motifs is 5. The summed E-state index contributed by atoms with van der Waals surface area (Å²) < 4.78 is 5.46. The maximum atomic E-state index is 13.8. The quantitative estimate of drug-likeness (QED) is 0.252. The van der Waals surface area contributed by atoms with E-state index in [2.05, 4.69) is 4.98 Å². The number of nitrogens with two attached hydrogens (primary N) is 3. The summed E-state index contributed by atoms with van der Waals surface area (Å²) in [5.41, 5.74) is 14.4. The summed E-state index contributed by atoms with van der Waals surface area (Å²) in [6.07, 6.45) is 1.11. The molecule has 1 heterocycles. The number of aliphatic hydroxyl groups is 3. The van der Waals surface area contributed by atoms with Crippen molar-refractivity contribution in [2.24, 2.45) is 23.3 Å². The molecule has 1 saturated carbocycles. The van der Waals surface area contributed by atoms with Gasteiger partial charge in [-0.2, -0.15) is 0 Å². The van der Waals surface area contributed by atoms with Gasteiger partial charge in [-0.25, -0.2) is 4.98 Å². The molecule has 11 nitrogen and oxygen atoms in total. The van der Waals surface area contributed by atoms with Crippen LogP contribution < -0.4 is 17.2 Å². The number of oxazole rings is 1. The van der Waals surface area contributed by atoms with Crippen molar-refractivity contribution in [1.29, 1.82) is 0 Å². The monoisotopic (exact) mass is 454 g/mol. The number of nitrogen functional groups attached to an aromatic ring is 1. The van der Waals surface area contributed by atoms with Crippen LogP contribution in [0.25, 0.3) is 16.9 Å². The van der Waals surface area contributed by atoms with Gasteiger partial charge >= 0.3 is 0 Å². The molecule has 3 aliphatic rings. The third kappa shape index (κ3) is 2.30. The average Bonchev–Trinajstić information content (AvgIpc) is 3.19. The largest absolute Gasteiger partial charge is 0.508 e. The molecule has 0 unspecified atom stereocenters. The molecule has 5 rings (SSSR count). The second-order valence-corrected chi connectivity index (χ2v) is 9.37. The SMILES string of the molecule is CC1(C)c2c(N)cc3ncoc3c2C(O)=C2C(=O)[C@]3(O)C(O)=C(C(N)=O)C(=O)[C@@H](N)[C@@H]3C[C@@H]21. The third-order valence-corrected chi connectivity index (χ3v) is 7.45. The van der Waals surface area contributed by atoms with Gasteiger partial charge in [-0.15, -0.1) is 0 Å². The first-order valence-electron chi connectivity index (χ1n) is 10.2. The zero-order chi connectivity index (χ0) is 24.2. The van der Waals surface area contributed by atoms with Gasteiger partial charge in [0, 0.05) is 23.1 Å². The van der Waals surface area contributed by atoms with E-state index in [1.807, 2.05) is 0 Å². The van der Waals surface area contributed by atoms with Crippen LogP contribution in [0.4, 0.5) is 5.69 Å². The number of hydrogen-bond donors (Lipinski definition) is 6. The molecule has 1 amide bonds. The number of anilines is 1. The van der Waals surface area contributed by atoms with Crippen LogP contribution in [0.5, 0.6) is 0 Å². The summed E-state index contributed by atoms with van der Waals surface area (Å²) in [6, 6.07) is 0.120. The highest BCUT2D eigenvalue weighted by atomic mass is 16.4. The first kappa shape index (κ1) is 21.2. The van der Waals surface area contributed by atoms with E-state index >= 15 is 0 Å². The Bertz CT molecular complexity index is 1370. The minimum atomic E-state index is -2.72. The number of aromatic nitrogens is 1. The lowest BCUT2D eigenvalue weighted by molar-refractivity contribution is -0.150. The number of benzene rings is 1. The molecule has 172 valence electrons. The van der Waals surface area contributed by atoms with E-state index in [0.29, 0.717) is 16.8 Å². The molecule has 33 heavy (non-hydrogen) atoms. The topological polar surface area (TPSA) is 216 Å². The molecular weight excluding hydrogens is 432 g/mol. The van der Waals surface area contributed by atoms with E-state index in [-0.39, 0.29) is 23.1 Å². The van der Waals surface area contributed by atoms with Crippen molar-refractivity contribution in [3.05, 3.63) is 40.5 Å². The number of rotatable bonds is 1. The molecule has 2 aromatic rings. The van der Waals surface area contributed by atoms with Crippen molar-refractivity contribution in [3.8, 4) is 0 Å². The summed E-state index contributed by atoms with van der Waals surface area (Å²) in [7, 11) is 0. The molecule has 0 radical (unpaired) electrons. The highest BCUT2D eigenvalue weighted by Crippen LogP contribution is 2.58. The summed E-state index contributed by atoms with van der Waals surface area (Å²) in [5, 5.41) is 33.5. The average molecular weight is 454 g/mol. The summed E-state index contributed by atoms with van der Waals surface area (Å²) in [5.74, 6) is -7.00. The minimum absolute atomic E-state index is 0.0645. The van der Waals surface area contributed by atoms with Crippen LogP contribution in [0.2, 0.25) is 0 Å². The Balaban J connectivity index is 1.85. The van der Waals surface area contributed by atoms with Gasteiger partial charge in [0.2, 0.25) is 5.78 Å². The van der Waals surface area contributed by atoms with Crippen LogP contribution in [0, 0.1) is 11.8 Å². The molecule has 0 aliphatic heterocycles. The lowest BCUT2D eigenvalue weighted by Crippen LogP contribution is -2.66. The Morgan fingerprint density at radius 2 is 1.94 bits per heavy atom. The summed E-state index contributed by atoms with van der Waals surface area (Å²) in [6.45, 7) is 3.61. The molecule has 4 atom stereocenters. The molecule has 11 heteroatoms. The number of amides is 1. The molecule has 3 aliphatic carbocycles. The Morgan fingerprint density at radius 3 is 2.58 bits per heavy atom. The van der Waals surface area contributed by atoms with Crippen LogP contribution in [0.3, 0.4) is 0 Å². The van der Waals surface area contributed by atoms with Crippen molar-refractivity contribution in [2.45, 2.75) is 37.3 Å². The van der Waals surface area contributed by atoms with Gasteiger partial charge in [0.15, 0.2) is 23.4 Å². The van der Waals surface area contributed by atoms with Gasteiger partial charge in [-0.1, -0.05) is 13.8 Å². The fourth-order valence-electron chi connectivity index (χ4n) is 5.84. The van der Waals surface area contributed by atoms with E-state index in [9.17, 15) is 29.7 Å². The first-order valence-corrected chi connectivity index (χ1v) is 10.2. The van der Waals surface area contributed by atoms with E-state index < -0.39 is 63.5 Å². The minimum Gasteiger partial charge on any atom is -0.508 e. The fourth-order valence-corrected chi connectivity index (χ4v) is 5.84. The Morgan fingerprint density at radius 1 is 1.27 bits per heavy atom. The zero-order valence-corrected chi connectivity index (χ0v) is 17.7. The molecule has 9 N–H and O–H groups in total. The van der Waals surface area contributed by atoms with Crippen molar-refractivity contribution < 1.29 is 34.1 Å². The summed E-state index contributed by atoms with van der Waals surface area (Å²) in [4.78, 5) is 42.3. The van der Waals surface area contributed by atoms with Gasteiger partial charge in [-0.05, 0) is 23.5 Å². The highest BCUT2D eigenvalue weighted by Gasteiger charge is 2.65. The number of primary amides is 1. The number of hydrogen-bond acceptors (Lipinski definition) is 10. The van der Waals surface area contributed by atoms with Gasteiger partial charge in [0.05, 0.1) is 11.6 Å². The molecule has 0 saturated heterocycles. The van der Waals surface area contributed by atoms with Crippen LogP contribution in [0.1, 0.15) is 31.4 Å². The maximum absolute atomic E-state index is 13.8. The lowest BCUT2D eigenvalue weighted by atomic mass is 9.52. The highest BCUT2D eigenvalue weighted by molar-refractivity contribution is 6.24. The molecule has 1 aromatic heterocycles. The Labute approximate surface area is 186 Å². The normalized spacial score (nSPS) is 30.8. The van der Waals surface area contributed by atoms with Gasteiger partial charge in [0.25, 0.3) is 5.91 Å². The second kappa shape index (κ2) is 6.21. The number of carbonyl (C=O) groups is 3. The van der Waals surface area contributed by atoms with Crippen molar-refractivity contribution in [1.82, 2.24) is 4.98 Å². The molecule has 0 spiro atoms. The Hall–Kier alpha value is -3.70. The first-order chi connectivity index (χ1) is 15.3. The second-order valence-electron chi connectivity index (χ2n) is 9.37. The van der Waals surface area contributed by atoms with Gasteiger partial charge in [0.1, 0.15) is 22.6 Å². The Kier molecular flexibility index (Phi) is 3.98. The van der Waals surface area contributed by atoms with E-state index in [1.165, 1.54) is 6.39 Å².